The molecule has 0 spiro atoms. The lowest BCUT2D eigenvalue weighted by molar-refractivity contribution is -0.150. The second kappa shape index (κ2) is 4.03. The lowest BCUT2D eigenvalue weighted by Crippen LogP contribution is -2.31. The molecular weight excluding hydrogens is 136 g/mol. The van der Waals surface area contributed by atoms with E-state index < -0.39 is 18.2 Å². The number of aliphatic hydroxyl groups excluding tert-OH is 2. The number of allylic oxidation sites excluding steroid dienone is 1. The summed E-state index contributed by atoms with van der Waals surface area (Å²) >= 11 is 0. The molecule has 0 aliphatic rings. The fourth-order valence-electron chi connectivity index (χ4n) is 0.449. The molecular formula is C6H10O4. The van der Waals surface area contributed by atoms with E-state index in [2.05, 4.69) is 0 Å². The minimum atomic E-state index is -1.73. The molecule has 0 bridgehead atoms. The molecule has 10 heavy (non-hydrogen) atoms. The molecule has 0 fully saturated rings. The Morgan fingerprint density at radius 3 is 2.30 bits per heavy atom. The topological polar surface area (TPSA) is 77.8 Å². The van der Waals surface area contributed by atoms with Gasteiger partial charge in [-0.2, -0.15) is 0 Å². The quantitative estimate of drug-likeness (QED) is 0.463. The van der Waals surface area contributed by atoms with Crippen LogP contribution in [0.25, 0.3) is 0 Å². The normalized spacial score (nSPS) is 17.1. The monoisotopic (exact) mass is 146 g/mol. The van der Waals surface area contributed by atoms with Gasteiger partial charge in [0.1, 0.15) is 6.10 Å². The average Bonchev–Trinajstić information content (AvgIpc) is 1.87. The second-order valence-corrected chi connectivity index (χ2v) is 1.80. The van der Waals surface area contributed by atoms with E-state index in [1.54, 1.807) is 6.92 Å². The molecule has 0 saturated heterocycles. The smallest absolute Gasteiger partial charge is 0.335 e. The largest absolute Gasteiger partial charge is 0.479 e. The van der Waals surface area contributed by atoms with Crippen LogP contribution in [0.4, 0.5) is 0 Å². The van der Waals surface area contributed by atoms with Crippen LogP contribution in [-0.2, 0) is 4.79 Å². The molecule has 0 unspecified atom stereocenters. The highest BCUT2D eigenvalue weighted by Gasteiger charge is 2.20. The third-order valence-corrected chi connectivity index (χ3v) is 0.966. The van der Waals surface area contributed by atoms with Gasteiger partial charge in [-0.25, -0.2) is 4.79 Å². The summed E-state index contributed by atoms with van der Waals surface area (Å²) < 4.78 is 0. The van der Waals surface area contributed by atoms with Gasteiger partial charge in [-0.1, -0.05) is 12.2 Å². The summed E-state index contributed by atoms with van der Waals surface area (Å²) in [7, 11) is 0. The fraction of sp³-hybridized carbons (Fsp3) is 0.500. The summed E-state index contributed by atoms with van der Waals surface area (Å²) in [6.07, 6.45) is -0.367. The maximum Gasteiger partial charge on any atom is 0.335 e. The van der Waals surface area contributed by atoms with Crippen molar-refractivity contribution in [2.24, 2.45) is 0 Å². The van der Waals surface area contributed by atoms with Crippen LogP contribution in [-0.4, -0.2) is 33.5 Å². The van der Waals surface area contributed by atoms with Crippen LogP contribution in [0.15, 0.2) is 12.2 Å². The molecule has 58 valence electrons. The van der Waals surface area contributed by atoms with Gasteiger partial charge in [-0.15, -0.1) is 0 Å². The number of carboxylic acid groups (broad SMARTS) is 1. The van der Waals surface area contributed by atoms with Gasteiger partial charge in [0.2, 0.25) is 0 Å². The molecule has 3 N–H and O–H groups in total. The number of rotatable bonds is 3. The van der Waals surface area contributed by atoms with E-state index in [0.29, 0.717) is 0 Å². The van der Waals surface area contributed by atoms with Crippen molar-refractivity contribution in [3.63, 3.8) is 0 Å². The standard InChI is InChI=1S/C6H10O4/c1-2-3-4(7)5(8)6(9)10/h2-5,7-8H,1H3,(H,9,10)/t4-,5-/m1/s1. The second-order valence-electron chi connectivity index (χ2n) is 1.80. The third kappa shape index (κ3) is 2.61. The van der Waals surface area contributed by atoms with Crippen molar-refractivity contribution in [2.75, 3.05) is 0 Å². The molecule has 0 aliphatic heterocycles. The summed E-state index contributed by atoms with van der Waals surface area (Å²) in [4.78, 5) is 9.97. The van der Waals surface area contributed by atoms with Crippen LogP contribution in [0.2, 0.25) is 0 Å². The van der Waals surface area contributed by atoms with Gasteiger partial charge in [0.25, 0.3) is 0 Å². The zero-order chi connectivity index (χ0) is 8.15. The van der Waals surface area contributed by atoms with E-state index in [0.717, 1.165) is 0 Å². The number of carboxylic acids is 1. The van der Waals surface area contributed by atoms with Gasteiger partial charge in [0.15, 0.2) is 6.10 Å². The highest BCUT2D eigenvalue weighted by molar-refractivity contribution is 5.73. The average molecular weight is 146 g/mol. The molecule has 4 heteroatoms. The van der Waals surface area contributed by atoms with Crippen LogP contribution in [0.3, 0.4) is 0 Å². The zero-order valence-corrected chi connectivity index (χ0v) is 5.56. The Morgan fingerprint density at radius 2 is 2.00 bits per heavy atom. The zero-order valence-electron chi connectivity index (χ0n) is 5.56. The number of hydrogen-bond donors (Lipinski definition) is 3. The summed E-state index contributed by atoms with van der Waals surface area (Å²) in [5.41, 5.74) is 0. The van der Waals surface area contributed by atoms with Crippen molar-refractivity contribution >= 4 is 5.97 Å². The molecule has 0 amide bonds. The van der Waals surface area contributed by atoms with E-state index in [-0.39, 0.29) is 0 Å². The van der Waals surface area contributed by atoms with Crippen LogP contribution >= 0.6 is 0 Å². The summed E-state index contributed by atoms with van der Waals surface area (Å²) in [5.74, 6) is -1.43. The van der Waals surface area contributed by atoms with Gasteiger partial charge in [0, 0.05) is 0 Å². The predicted octanol–water partition coefficient (Wildman–Crippen LogP) is -0.631. The van der Waals surface area contributed by atoms with Crippen molar-refractivity contribution in [1.29, 1.82) is 0 Å². The number of aliphatic carboxylic acids is 1. The molecule has 0 aromatic carbocycles. The lowest BCUT2D eigenvalue weighted by atomic mass is 10.2. The lowest BCUT2D eigenvalue weighted by Gasteiger charge is -2.07. The molecule has 0 heterocycles. The molecule has 0 aromatic rings. The van der Waals surface area contributed by atoms with Crippen molar-refractivity contribution in [3.05, 3.63) is 12.2 Å². The van der Waals surface area contributed by atoms with E-state index >= 15 is 0 Å². The summed E-state index contributed by atoms with van der Waals surface area (Å²) in [6.45, 7) is 1.62. The van der Waals surface area contributed by atoms with E-state index in [1.807, 2.05) is 0 Å². The third-order valence-electron chi connectivity index (χ3n) is 0.966. The van der Waals surface area contributed by atoms with Gasteiger partial charge in [0.05, 0.1) is 0 Å². The van der Waals surface area contributed by atoms with Crippen molar-refractivity contribution in [3.8, 4) is 0 Å². The molecule has 2 atom stereocenters. The van der Waals surface area contributed by atoms with E-state index in [9.17, 15) is 4.79 Å². The van der Waals surface area contributed by atoms with Gasteiger partial charge in [-0.3, -0.25) is 0 Å². The maximum absolute atomic E-state index is 9.97. The first-order valence-corrected chi connectivity index (χ1v) is 2.81. The van der Waals surface area contributed by atoms with Crippen LogP contribution in [0.5, 0.6) is 0 Å². The molecule has 4 nitrogen and oxygen atoms in total. The Balaban J connectivity index is 3.93. The Kier molecular flexibility index (Phi) is 3.68. The maximum atomic E-state index is 9.97. The SMILES string of the molecule is CC=C[C@@H](O)[C@@H](O)C(=O)O. The molecule has 0 radical (unpaired) electrons. The molecule has 0 saturated carbocycles. The Morgan fingerprint density at radius 1 is 1.50 bits per heavy atom. The summed E-state index contributed by atoms with van der Waals surface area (Å²) in [5, 5.41) is 25.5. The highest BCUT2D eigenvalue weighted by atomic mass is 16.4. The van der Waals surface area contributed by atoms with Gasteiger partial charge >= 0.3 is 5.97 Å². The number of aliphatic hydroxyl groups is 2. The number of carbonyl (C=O) groups is 1. The minimum absolute atomic E-state index is 1.21. The first kappa shape index (κ1) is 9.13. The highest BCUT2D eigenvalue weighted by Crippen LogP contribution is 1.94. The first-order valence-electron chi connectivity index (χ1n) is 2.81. The Labute approximate surface area is 58.4 Å². The van der Waals surface area contributed by atoms with Crippen molar-refractivity contribution < 1.29 is 20.1 Å². The van der Waals surface area contributed by atoms with Gasteiger partial charge in [-0.05, 0) is 6.92 Å². The Hall–Kier alpha value is -0.870. The molecule has 0 aliphatic carbocycles. The first-order chi connectivity index (χ1) is 4.59. The predicted molar refractivity (Wildman–Crippen MR) is 34.5 cm³/mol. The molecule has 0 rings (SSSR count). The fourth-order valence-corrected chi connectivity index (χ4v) is 0.449. The van der Waals surface area contributed by atoms with E-state index in [1.165, 1.54) is 12.2 Å². The van der Waals surface area contributed by atoms with Crippen molar-refractivity contribution in [2.45, 2.75) is 19.1 Å². The van der Waals surface area contributed by atoms with Gasteiger partial charge < -0.3 is 15.3 Å². The van der Waals surface area contributed by atoms with Crippen LogP contribution in [0.1, 0.15) is 6.92 Å². The van der Waals surface area contributed by atoms with E-state index in [4.69, 9.17) is 15.3 Å². The molecule has 0 aromatic heterocycles. The number of hydrogen-bond acceptors (Lipinski definition) is 3. The van der Waals surface area contributed by atoms with Crippen molar-refractivity contribution in [1.82, 2.24) is 0 Å². The summed E-state index contributed by atoms with van der Waals surface area (Å²) in [6, 6.07) is 0. The van der Waals surface area contributed by atoms with Crippen LogP contribution < -0.4 is 0 Å². The Bertz CT molecular complexity index is 141. The van der Waals surface area contributed by atoms with Crippen LogP contribution in [0, 0.1) is 0 Å². The minimum Gasteiger partial charge on any atom is -0.479 e.